The van der Waals surface area contributed by atoms with Crippen LogP contribution in [0.5, 0.6) is 11.5 Å². The van der Waals surface area contributed by atoms with E-state index < -0.39 is 10.0 Å². The Labute approximate surface area is 154 Å². The molecular weight excluding hydrogens is 352 g/mol. The zero-order valence-corrected chi connectivity index (χ0v) is 16.3. The molecule has 0 aromatic heterocycles. The molecule has 140 valence electrons. The van der Waals surface area contributed by atoms with E-state index in [0.717, 1.165) is 12.0 Å². The van der Waals surface area contributed by atoms with Gasteiger partial charge in [-0.25, -0.2) is 4.83 Å². The van der Waals surface area contributed by atoms with Crippen LogP contribution in [0.4, 0.5) is 0 Å². The van der Waals surface area contributed by atoms with Crippen molar-refractivity contribution in [3.05, 3.63) is 53.1 Å². The molecule has 0 aliphatic rings. The van der Waals surface area contributed by atoms with E-state index in [4.69, 9.17) is 9.47 Å². The standard InChI is InChI=1S/C19H24N2O4S/c1-5-10-25-17-9-8-16(12-18(17)24-4)13-20-21-26(22,23)19-11-14(2)6-7-15(19)3/h6-9,11-13,21H,5,10H2,1-4H3/b20-13+. The molecule has 7 heteroatoms. The summed E-state index contributed by atoms with van der Waals surface area (Å²) in [4.78, 5) is 2.47. The van der Waals surface area contributed by atoms with Crippen molar-refractivity contribution in [3.8, 4) is 11.5 Å². The van der Waals surface area contributed by atoms with Crippen molar-refractivity contribution >= 4 is 16.2 Å². The number of hydrogen-bond donors (Lipinski definition) is 1. The second-order valence-electron chi connectivity index (χ2n) is 5.88. The predicted octanol–water partition coefficient (Wildman–Crippen LogP) is 3.41. The smallest absolute Gasteiger partial charge is 0.276 e. The molecule has 0 amide bonds. The van der Waals surface area contributed by atoms with Gasteiger partial charge in [0.25, 0.3) is 10.0 Å². The lowest BCUT2D eigenvalue weighted by molar-refractivity contribution is 0.294. The molecule has 1 N–H and O–H groups in total. The lowest BCUT2D eigenvalue weighted by atomic mass is 10.2. The fourth-order valence-corrected chi connectivity index (χ4v) is 3.43. The van der Waals surface area contributed by atoms with Crippen LogP contribution >= 0.6 is 0 Å². The molecule has 0 radical (unpaired) electrons. The number of hydrazone groups is 1. The van der Waals surface area contributed by atoms with Gasteiger partial charge >= 0.3 is 0 Å². The zero-order chi connectivity index (χ0) is 19.2. The van der Waals surface area contributed by atoms with E-state index in [-0.39, 0.29) is 4.90 Å². The highest BCUT2D eigenvalue weighted by atomic mass is 32.2. The number of nitrogens with one attached hydrogen (secondary N) is 1. The van der Waals surface area contributed by atoms with Crippen LogP contribution in [0.15, 0.2) is 46.4 Å². The molecule has 0 aliphatic heterocycles. The Balaban J connectivity index is 2.15. The first kappa shape index (κ1) is 19.8. The van der Waals surface area contributed by atoms with Gasteiger partial charge in [-0.05, 0) is 61.2 Å². The van der Waals surface area contributed by atoms with Crippen LogP contribution in [0.1, 0.15) is 30.0 Å². The Hall–Kier alpha value is -2.54. The average Bonchev–Trinajstić information content (AvgIpc) is 2.62. The number of ether oxygens (including phenoxy) is 2. The van der Waals surface area contributed by atoms with Gasteiger partial charge in [-0.2, -0.15) is 13.5 Å². The van der Waals surface area contributed by atoms with Crippen molar-refractivity contribution in [2.45, 2.75) is 32.1 Å². The molecule has 0 atom stereocenters. The van der Waals surface area contributed by atoms with Crippen LogP contribution in [0.3, 0.4) is 0 Å². The molecule has 0 heterocycles. The van der Waals surface area contributed by atoms with Gasteiger partial charge in [0.1, 0.15) is 0 Å². The van der Waals surface area contributed by atoms with Gasteiger partial charge in [-0.3, -0.25) is 0 Å². The van der Waals surface area contributed by atoms with Crippen LogP contribution in [-0.2, 0) is 10.0 Å². The zero-order valence-electron chi connectivity index (χ0n) is 15.4. The Bertz CT molecular complexity index is 892. The van der Waals surface area contributed by atoms with Crippen molar-refractivity contribution in [2.24, 2.45) is 5.10 Å². The number of methoxy groups -OCH3 is 1. The Morgan fingerprint density at radius 2 is 1.88 bits per heavy atom. The fourth-order valence-electron chi connectivity index (χ4n) is 2.31. The Morgan fingerprint density at radius 3 is 2.58 bits per heavy atom. The van der Waals surface area contributed by atoms with E-state index >= 15 is 0 Å². The highest BCUT2D eigenvalue weighted by Gasteiger charge is 2.15. The van der Waals surface area contributed by atoms with E-state index in [2.05, 4.69) is 9.93 Å². The predicted molar refractivity (Wildman–Crippen MR) is 103 cm³/mol. The van der Waals surface area contributed by atoms with E-state index in [1.165, 1.54) is 6.21 Å². The van der Waals surface area contributed by atoms with E-state index in [9.17, 15) is 8.42 Å². The second-order valence-corrected chi connectivity index (χ2v) is 7.51. The van der Waals surface area contributed by atoms with E-state index in [1.807, 2.05) is 19.9 Å². The first-order valence-electron chi connectivity index (χ1n) is 8.30. The summed E-state index contributed by atoms with van der Waals surface area (Å²) in [5.41, 5.74) is 2.22. The van der Waals surface area contributed by atoms with Gasteiger partial charge in [0, 0.05) is 0 Å². The number of benzene rings is 2. The van der Waals surface area contributed by atoms with Gasteiger partial charge < -0.3 is 9.47 Å². The third-order valence-electron chi connectivity index (χ3n) is 3.67. The molecule has 0 aliphatic carbocycles. The number of hydrogen-bond acceptors (Lipinski definition) is 5. The molecule has 26 heavy (non-hydrogen) atoms. The topological polar surface area (TPSA) is 77.0 Å². The van der Waals surface area contributed by atoms with Crippen molar-refractivity contribution in [1.82, 2.24) is 4.83 Å². The van der Waals surface area contributed by atoms with Crippen LogP contribution in [0, 0.1) is 13.8 Å². The number of nitrogens with zero attached hydrogens (tertiary/aromatic N) is 1. The minimum absolute atomic E-state index is 0.218. The first-order chi connectivity index (χ1) is 12.4. The minimum Gasteiger partial charge on any atom is -0.493 e. The third kappa shape index (κ3) is 4.98. The van der Waals surface area contributed by atoms with Crippen molar-refractivity contribution in [1.29, 1.82) is 0 Å². The van der Waals surface area contributed by atoms with Crippen molar-refractivity contribution in [3.63, 3.8) is 0 Å². The maximum Gasteiger partial charge on any atom is 0.276 e. The monoisotopic (exact) mass is 376 g/mol. The van der Waals surface area contributed by atoms with Gasteiger partial charge in [-0.15, -0.1) is 0 Å². The van der Waals surface area contributed by atoms with E-state index in [1.54, 1.807) is 44.4 Å². The third-order valence-corrected chi connectivity index (χ3v) is 5.03. The number of rotatable bonds is 8. The van der Waals surface area contributed by atoms with E-state index in [0.29, 0.717) is 29.2 Å². The summed E-state index contributed by atoms with van der Waals surface area (Å²) in [6.45, 7) is 6.21. The normalized spacial score (nSPS) is 11.5. The summed E-state index contributed by atoms with van der Waals surface area (Å²) in [5.74, 6) is 1.21. The van der Waals surface area contributed by atoms with Crippen LogP contribution in [0.25, 0.3) is 0 Å². The van der Waals surface area contributed by atoms with Gasteiger partial charge in [0.05, 0.1) is 24.8 Å². The SMILES string of the molecule is CCCOc1ccc(/C=N/NS(=O)(=O)c2cc(C)ccc2C)cc1OC. The quantitative estimate of drug-likeness (QED) is 0.566. The summed E-state index contributed by atoms with van der Waals surface area (Å²) in [6, 6.07) is 10.6. The molecule has 0 spiro atoms. The maximum absolute atomic E-state index is 12.4. The minimum atomic E-state index is -3.72. The largest absolute Gasteiger partial charge is 0.493 e. The first-order valence-corrected chi connectivity index (χ1v) is 9.78. The molecular formula is C19H24N2O4S. The van der Waals surface area contributed by atoms with Crippen LogP contribution in [-0.4, -0.2) is 28.3 Å². The van der Waals surface area contributed by atoms with Crippen LogP contribution < -0.4 is 14.3 Å². The van der Waals surface area contributed by atoms with Crippen LogP contribution in [0.2, 0.25) is 0 Å². The van der Waals surface area contributed by atoms with Crippen molar-refractivity contribution < 1.29 is 17.9 Å². The Morgan fingerprint density at radius 1 is 1.12 bits per heavy atom. The average molecular weight is 376 g/mol. The summed E-state index contributed by atoms with van der Waals surface area (Å²) < 4.78 is 35.7. The lowest BCUT2D eigenvalue weighted by Gasteiger charge is -2.10. The molecule has 0 saturated heterocycles. The molecule has 0 fully saturated rings. The molecule has 2 aromatic rings. The molecule has 0 bridgehead atoms. The summed E-state index contributed by atoms with van der Waals surface area (Å²) in [5, 5.41) is 3.87. The highest BCUT2D eigenvalue weighted by molar-refractivity contribution is 7.89. The second kappa shape index (κ2) is 8.71. The highest BCUT2D eigenvalue weighted by Crippen LogP contribution is 2.27. The van der Waals surface area contributed by atoms with Gasteiger partial charge in [0.2, 0.25) is 0 Å². The maximum atomic E-state index is 12.4. The number of sulfonamides is 1. The summed E-state index contributed by atoms with van der Waals surface area (Å²) >= 11 is 0. The molecule has 6 nitrogen and oxygen atoms in total. The molecule has 2 rings (SSSR count). The summed E-state index contributed by atoms with van der Waals surface area (Å²) in [6.07, 6.45) is 2.32. The van der Waals surface area contributed by atoms with Gasteiger partial charge in [0.15, 0.2) is 11.5 Å². The Kier molecular flexibility index (Phi) is 6.63. The number of aryl methyl sites for hydroxylation is 2. The van der Waals surface area contributed by atoms with Gasteiger partial charge in [-0.1, -0.05) is 19.1 Å². The molecule has 0 saturated carbocycles. The lowest BCUT2D eigenvalue weighted by Crippen LogP contribution is -2.19. The van der Waals surface area contributed by atoms with Crippen molar-refractivity contribution in [2.75, 3.05) is 13.7 Å². The molecule has 0 unspecified atom stereocenters. The molecule has 2 aromatic carbocycles. The summed E-state index contributed by atoms with van der Waals surface area (Å²) in [7, 11) is -2.17. The fraction of sp³-hybridized carbons (Fsp3) is 0.316.